The molecule has 1 amide bonds. The van der Waals surface area contributed by atoms with E-state index in [1.165, 1.54) is 23.2 Å². The molecule has 0 radical (unpaired) electrons. The third kappa shape index (κ3) is 3.22. The Bertz CT molecular complexity index is 1100. The van der Waals surface area contributed by atoms with E-state index in [9.17, 15) is 18.0 Å². The second kappa shape index (κ2) is 6.90. The molecule has 0 bridgehead atoms. The van der Waals surface area contributed by atoms with Gasteiger partial charge < -0.3 is 9.47 Å². The summed E-state index contributed by atoms with van der Waals surface area (Å²) in [4.78, 5) is 18.4. The van der Waals surface area contributed by atoms with Crippen molar-refractivity contribution in [1.29, 1.82) is 0 Å². The van der Waals surface area contributed by atoms with Crippen molar-refractivity contribution in [3.8, 4) is 11.5 Å². The van der Waals surface area contributed by atoms with Gasteiger partial charge in [-0.25, -0.2) is 0 Å². The molecule has 1 aliphatic heterocycles. The second-order valence-electron chi connectivity index (χ2n) is 6.12. The lowest BCUT2D eigenvalue weighted by Gasteiger charge is -2.28. The Labute approximate surface area is 164 Å². The molecule has 3 heterocycles. The smallest absolute Gasteiger partial charge is 0.329 e. The van der Waals surface area contributed by atoms with E-state index in [2.05, 4.69) is 15.2 Å². The van der Waals surface area contributed by atoms with E-state index in [0.717, 1.165) is 12.1 Å². The highest BCUT2D eigenvalue weighted by atomic mass is 35.5. The zero-order valence-electron chi connectivity index (χ0n) is 15.2. The molecule has 2 aromatic heterocycles. The van der Waals surface area contributed by atoms with Crippen molar-refractivity contribution >= 4 is 17.5 Å². The highest BCUT2D eigenvalue weighted by molar-refractivity contribution is 6.34. The Morgan fingerprint density at radius 3 is 2.75 bits per heavy atom. The van der Waals surface area contributed by atoms with Crippen LogP contribution in [-0.4, -0.2) is 37.1 Å². The maximum absolute atomic E-state index is 13.1. The van der Waals surface area contributed by atoms with Gasteiger partial charge in [0.05, 0.1) is 24.1 Å². The van der Waals surface area contributed by atoms with Crippen LogP contribution in [0, 0.1) is 0 Å². The summed E-state index contributed by atoms with van der Waals surface area (Å²) in [5.41, 5.74) is -0.774. The molecule has 10 heteroatoms. The van der Waals surface area contributed by atoms with Crippen molar-refractivity contribution in [2.24, 2.45) is 0 Å². The first-order chi connectivity index (χ1) is 13.8. The summed E-state index contributed by atoms with van der Waals surface area (Å²) in [5, 5.41) is 7.55. The normalized spacial score (nSPS) is 14.6. The third-order valence-electron chi connectivity index (χ3n) is 4.41. The molecule has 0 aliphatic carbocycles. The van der Waals surface area contributed by atoms with Gasteiger partial charge >= 0.3 is 6.18 Å². The van der Waals surface area contributed by atoms with Crippen molar-refractivity contribution in [2.45, 2.75) is 19.3 Å². The molecule has 0 fully saturated rings. The van der Waals surface area contributed by atoms with Crippen LogP contribution in [0.2, 0.25) is 5.02 Å². The van der Waals surface area contributed by atoms with Gasteiger partial charge in [-0.1, -0.05) is 23.7 Å². The van der Waals surface area contributed by atoms with Crippen molar-refractivity contribution in [1.82, 2.24) is 24.6 Å². The van der Waals surface area contributed by atoms with E-state index in [-0.39, 0.29) is 24.7 Å². The lowest BCUT2D eigenvalue weighted by atomic mass is 10.1. The molecule has 0 spiro atoms. The number of amides is 1. The van der Waals surface area contributed by atoms with E-state index < -0.39 is 22.7 Å². The molecule has 0 saturated heterocycles. The van der Waals surface area contributed by atoms with Gasteiger partial charge in [0.1, 0.15) is 5.69 Å². The number of halogens is 4. The number of carbonyl (C=O) groups excluding carboxylic acids is 1. The summed E-state index contributed by atoms with van der Waals surface area (Å²) in [6.07, 6.45) is -3.16. The van der Waals surface area contributed by atoms with Gasteiger partial charge in [-0.15, -0.1) is 10.2 Å². The van der Waals surface area contributed by atoms with Crippen molar-refractivity contribution in [3.05, 3.63) is 64.5 Å². The predicted octanol–water partition coefficient (Wildman–Crippen LogP) is 3.67. The first-order valence-electron chi connectivity index (χ1n) is 8.76. The minimum Gasteiger partial charge on any atom is -0.329 e. The number of hydrogen-bond acceptors (Lipinski definition) is 4. The van der Waals surface area contributed by atoms with Crippen molar-refractivity contribution in [2.75, 3.05) is 6.54 Å². The molecule has 4 rings (SSSR count). The summed E-state index contributed by atoms with van der Waals surface area (Å²) in [6.45, 7) is 0.646. The number of benzene rings is 1. The summed E-state index contributed by atoms with van der Waals surface area (Å²) in [7, 11) is 0. The average molecular weight is 409 g/mol. The van der Waals surface area contributed by atoms with Crippen LogP contribution in [-0.2, 0) is 19.3 Å². The second-order valence-corrected chi connectivity index (χ2v) is 6.50. The van der Waals surface area contributed by atoms with E-state index in [1.807, 2.05) is 0 Å². The number of carbonyl (C=O) groups is 1. The number of hydrogen-bond donors (Lipinski definition) is 0. The van der Waals surface area contributed by atoms with Gasteiger partial charge in [0, 0.05) is 19.3 Å². The van der Waals surface area contributed by atoms with Gasteiger partial charge in [-0.05, 0) is 24.3 Å². The van der Waals surface area contributed by atoms with Gasteiger partial charge in [0.15, 0.2) is 11.6 Å². The maximum atomic E-state index is 13.1. The number of aromatic nitrogens is 4. The maximum Gasteiger partial charge on any atom is 0.417 e. The Hall–Kier alpha value is -2.94. The molecule has 6 nitrogen and oxygen atoms in total. The number of alkyl halides is 3. The van der Waals surface area contributed by atoms with Gasteiger partial charge in [-0.3, -0.25) is 9.78 Å². The molecule has 0 N–H and O–H groups in total. The zero-order valence-corrected chi connectivity index (χ0v) is 15.0. The lowest BCUT2D eigenvalue weighted by molar-refractivity contribution is -0.137. The fraction of sp³-hybridized carbons (Fsp3) is 0.222. The fourth-order valence-corrected chi connectivity index (χ4v) is 3.37. The minimum absolute atomic E-state index is 0.0684. The van der Waals surface area contributed by atoms with E-state index in [4.69, 9.17) is 13.0 Å². The minimum atomic E-state index is -4.65. The third-order valence-corrected chi connectivity index (χ3v) is 4.82. The first kappa shape index (κ1) is 17.2. The standard InChI is InChI=1S/C18H13ClF3N5O/c19-15-11(4-3-5-12(15)18(20,21)22)17(28)26-8-9-27-14(10-26)24-25-16(27)13-6-1-2-7-23-13/h1-7H,8-10H2/i1D. The number of fused-ring (bicyclic) bond motifs is 1. The molecule has 1 aromatic carbocycles. The SMILES string of the molecule is [2H]c1ccnc(-c2nnc3n2CCN(C(=O)c2cccc(C(F)(F)F)c2Cl)C3)c1. The lowest BCUT2D eigenvalue weighted by Crippen LogP contribution is -2.38. The Morgan fingerprint density at radius 1 is 1.18 bits per heavy atom. The van der Waals surface area contributed by atoms with Gasteiger partial charge in [0.2, 0.25) is 0 Å². The van der Waals surface area contributed by atoms with Crippen LogP contribution in [0.3, 0.4) is 0 Å². The van der Waals surface area contributed by atoms with Crippen LogP contribution in [0.15, 0.2) is 42.6 Å². The molecular formula is C18H13ClF3N5O. The molecule has 3 aromatic rings. The topological polar surface area (TPSA) is 63.9 Å². The van der Waals surface area contributed by atoms with Crippen molar-refractivity contribution < 1.29 is 19.3 Å². The summed E-state index contributed by atoms with van der Waals surface area (Å²) in [6, 6.07) is 6.64. The summed E-state index contributed by atoms with van der Waals surface area (Å²) in [5.74, 6) is 0.335. The van der Waals surface area contributed by atoms with Crippen LogP contribution in [0.25, 0.3) is 11.5 Å². The Kier molecular flexibility index (Phi) is 4.23. The summed E-state index contributed by atoms with van der Waals surface area (Å²) >= 11 is 5.88. The summed E-state index contributed by atoms with van der Waals surface area (Å²) < 4.78 is 48.7. The monoisotopic (exact) mass is 408 g/mol. The van der Waals surface area contributed by atoms with Gasteiger partial charge in [0.25, 0.3) is 5.91 Å². The first-order valence-corrected chi connectivity index (χ1v) is 8.63. The molecule has 0 atom stereocenters. The average Bonchev–Trinajstić information content (AvgIpc) is 3.10. The molecule has 144 valence electrons. The predicted molar refractivity (Wildman–Crippen MR) is 94.4 cm³/mol. The highest BCUT2D eigenvalue weighted by Crippen LogP contribution is 2.36. The zero-order chi connectivity index (χ0) is 20.8. The van der Waals surface area contributed by atoms with Crippen LogP contribution < -0.4 is 0 Å². The number of pyridine rings is 1. The van der Waals surface area contributed by atoms with Crippen LogP contribution in [0.1, 0.15) is 23.1 Å². The van der Waals surface area contributed by atoms with E-state index in [1.54, 1.807) is 10.6 Å². The largest absolute Gasteiger partial charge is 0.417 e. The van der Waals surface area contributed by atoms with Crippen LogP contribution in [0.4, 0.5) is 13.2 Å². The molecule has 0 saturated carbocycles. The quantitative estimate of drug-likeness (QED) is 0.649. The highest BCUT2D eigenvalue weighted by Gasteiger charge is 2.36. The van der Waals surface area contributed by atoms with E-state index in [0.29, 0.717) is 23.9 Å². The van der Waals surface area contributed by atoms with E-state index >= 15 is 0 Å². The number of nitrogens with zero attached hydrogens (tertiary/aromatic N) is 5. The molecule has 0 unspecified atom stereocenters. The van der Waals surface area contributed by atoms with Crippen LogP contribution in [0.5, 0.6) is 0 Å². The Balaban J connectivity index is 1.61. The molecular weight excluding hydrogens is 395 g/mol. The van der Waals surface area contributed by atoms with Gasteiger partial charge in [-0.2, -0.15) is 13.2 Å². The fourth-order valence-electron chi connectivity index (χ4n) is 3.05. The number of rotatable bonds is 2. The Morgan fingerprint density at radius 2 is 2.00 bits per heavy atom. The van der Waals surface area contributed by atoms with Crippen LogP contribution >= 0.6 is 11.6 Å². The molecule has 1 aliphatic rings. The molecule has 28 heavy (non-hydrogen) atoms. The van der Waals surface area contributed by atoms with Crippen molar-refractivity contribution in [3.63, 3.8) is 0 Å².